The standard InChI is InChI=1S/C13H21NO3/c1-10(6-7-15)14-9-11-4-5-12(16-2)13(8-11)17-3/h4-5,8,10,14-15H,6-7,9H2,1-3H3. The monoisotopic (exact) mass is 239 g/mol. The number of nitrogens with one attached hydrogen (secondary N) is 1. The van der Waals surface area contributed by atoms with Crippen molar-refractivity contribution in [3.05, 3.63) is 23.8 Å². The average molecular weight is 239 g/mol. The van der Waals surface area contributed by atoms with E-state index < -0.39 is 0 Å². The maximum Gasteiger partial charge on any atom is 0.161 e. The molecule has 96 valence electrons. The van der Waals surface area contributed by atoms with Crippen molar-refractivity contribution in [3.8, 4) is 11.5 Å². The van der Waals surface area contributed by atoms with Crippen LogP contribution >= 0.6 is 0 Å². The molecule has 0 saturated heterocycles. The minimum atomic E-state index is 0.208. The summed E-state index contributed by atoms with van der Waals surface area (Å²) in [5.41, 5.74) is 1.13. The van der Waals surface area contributed by atoms with Crippen molar-refractivity contribution in [1.82, 2.24) is 5.32 Å². The molecular formula is C13H21NO3. The van der Waals surface area contributed by atoms with Gasteiger partial charge < -0.3 is 19.9 Å². The highest BCUT2D eigenvalue weighted by Gasteiger charge is 2.05. The lowest BCUT2D eigenvalue weighted by Gasteiger charge is -2.14. The van der Waals surface area contributed by atoms with E-state index in [1.54, 1.807) is 14.2 Å². The Bertz CT molecular complexity index is 341. The summed E-state index contributed by atoms with van der Waals surface area (Å²) >= 11 is 0. The third-order valence-electron chi connectivity index (χ3n) is 2.66. The second kappa shape index (κ2) is 7.14. The van der Waals surface area contributed by atoms with Gasteiger partial charge in [-0.1, -0.05) is 6.07 Å². The normalized spacial score (nSPS) is 12.2. The predicted octanol–water partition coefficient (Wildman–Crippen LogP) is 1.56. The Kier molecular flexibility index (Phi) is 5.80. The Morgan fingerprint density at radius 3 is 2.53 bits per heavy atom. The molecule has 17 heavy (non-hydrogen) atoms. The van der Waals surface area contributed by atoms with Crippen LogP contribution in [0, 0.1) is 0 Å². The third kappa shape index (κ3) is 4.24. The smallest absolute Gasteiger partial charge is 0.161 e. The van der Waals surface area contributed by atoms with Crippen LogP contribution < -0.4 is 14.8 Å². The fourth-order valence-corrected chi connectivity index (χ4v) is 1.58. The van der Waals surface area contributed by atoms with Gasteiger partial charge in [-0.25, -0.2) is 0 Å². The van der Waals surface area contributed by atoms with Gasteiger partial charge in [-0.2, -0.15) is 0 Å². The summed E-state index contributed by atoms with van der Waals surface area (Å²) in [6.07, 6.45) is 0.757. The summed E-state index contributed by atoms with van der Waals surface area (Å²) in [7, 11) is 3.25. The highest BCUT2D eigenvalue weighted by molar-refractivity contribution is 5.42. The van der Waals surface area contributed by atoms with Crippen molar-refractivity contribution in [2.24, 2.45) is 0 Å². The van der Waals surface area contributed by atoms with Gasteiger partial charge in [-0.3, -0.25) is 0 Å². The van der Waals surface area contributed by atoms with Crippen LogP contribution in [0.1, 0.15) is 18.9 Å². The molecule has 4 heteroatoms. The van der Waals surface area contributed by atoms with Gasteiger partial charge in [0.25, 0.3) is 0 Å². The van der Waals surface area contributed by atoms with Crippen LogP contribution in [-0.4, -0.2) is 32.0 Å². The zero-order valence-electron chi connectivity index (χ0n) is 10.7. The lowest BCUT2D eigenvalue weighted by atomic mass is 10.1. The topological polar surface area (TPSA) is 50.7 Å². The Labute approximate surface area is 103 Å². The van der Waals surface area contributed by atoms with E-state index in [1.165, 1.54) is 0 Å². The van der Waals surface area contributed by atoms with E-state index in [0.717, 1.165) is 30.0 Å². The molecule has 1 aromatic rings. The van der Waals surface area contributed by atoms with Crippen LogP contribution in [0.5, 0.6) is 11.5 Å². The van der Waals surface area contributed by atoms with Crippen molar-refractivity contribution < 1.29 is 14.6 Å². The second-order valence-electron chi connectivity index (χ2n) is 3.98. The molecule has 0 spiro atoms. The number of aliphatic hydroxyl groups excluding tert-OH is 1. The highest BCUT2D eigenvalue weighted by atomic mass is 16.5. The number of benzene rings is 1. The molecule has 1 aromatic carbocycles. The molecule has 1 unspecified atom stereocenters. The largest absolute Gasteiger partial charge is 0.493 e. The summed E-state index contributed by atoms with van der Waals surface area (Å²) in [5, 5.41) is 12.1. The summed E-state index contributed by atoms with van der Waals surface area (Å²) in [5.74, 6) is 1.47. The maximum atomic E-state index is 8.81. The van der Waals surface area contributed by atoms with E-state index in [4.69, 9.17) is 14.6 Å². The molecule has 0 aliphatic heterocycles. The van der Waals surface area contributed by atoms with Gasteiger partial charge in [0.1, 0.15) is 0 Å². The number of ether oxygens (including phenoxy) is 2. The van der Waals surface area contributed by atoms with E-state index in [0.29, 0.717) is 6.04 Å². The first-order chi connectivity index (χ1) is 8.21. The van der Waals surface area contributed by atoms with E-state index in [9.17, 15) is 0 Å². The number of hydrogen-bond acceptors (Lipinski definition) is 4. The first kappa shape index (κ1) is 13.8. The quantitative estimate of drug-likeness (QED) is 0.758. The number of aliphatic hydroxyl groups is 1. The highest BCUT2D eigenvalue weighted by Crippen LogP contribution is 2.27. The zero-order chi connectivity index (χ0) is 12.7. The Morgan fingerprint density at radius 2 is 1.94 bits per heavy atom. The van der Waals surface area contributed by atoms with Gasteiger partial charge in [-0.15, -0.1) is 0 Å². The van der Waals surface area contributed by atoms with Crippen LogP contribution in [0.2, 0.25) is 0 Å². The lowest BCUT2D eigenvalue weighted by molar-refractivity contribution is 0.268. The third-order valence-corrected chi connectivity index (χ3v) is 2.66. The minimum absolute atomic E-state index is 0.208. The second-order valence-corrected chi connectivity index (χ2v) is 3.98. The predicted molar refractivity (Wildman–Crippen MR) is 67.6 cm³/mol. The molecule has 0 fully saturated rings. The summed E-state index contributed by atoms with van der Waals surface area (Å²) < 4.78 is 10.4. The van der Waals surface area contributed by atoms with Crippen LogP contribution in [0.4, 0.5) is 0 Å². The van der Waals surface area contributed by atoms with E-state index in [-0.39, 0.29) is 6.61 Å². The van der Waals surface area contributed by atoms with Crippen LogP contribution in [0.25, 0.3) is 0 Å². The Hall–Kier alpha value is -1.26. The Morgan fingerprint density at radius 1 is 1.24 bits per heavy atom. The first-order valence-electron chi connectivity index (χ1n) is 5.76. The molecule has 1 atom stereocenters. The van der Waals surface area contributed by atoms with E-state index in [1.807, 2.05) is 18.2 Å². The van der Waals surface area contributed by atoms with E-state index in [2.05, 4.69) is 12.2 Å². The van der Waals surface area contributed by atoms with Gasteiger partial charge >= 0.3 is 0 Å². The lowest BCUT2D eigenvalue weighted by Crippen LogP contribution is -2.26. The maximum absolute atomic E-state index is 8.81. The fraction of sp³-hybridized carbons (Fsp3) is 0.538. The molecule has 0 heterocycles. The number of hydrogen-bond donors (Lipinski definition) is 2. The molecule has 0 amide bonds. The van der Waals surface area contributed by atoms with Crippen molar-refractivity contribution in [2.75, 3.05) is 20.8 Å². The average Bonchev–Trinajstić information content (AvgIpc) is 2.36. The summed E-state index contributed by atoms with van der Waals surface area (Å²) in [4.78, 5) is 0. The molecule has 0 aliphatic carbocycles. The van der Waals surface area contributed by atoms with Crippen LogP contribution in [0.3, 0.4) is 0 Å². The van der Waals surface area contributed by atoms with E-state index >= 15 is 0 Å². The van der Waals surface area contributed by atoms with Crippen molar-refractivity contribution >= 4 is 0 Å². The molecule has 0 aliphatic rings. The Balaban J connectivity index is 2.60. The number of methoxy groups -OCH3 is 2. The van der Waals surface area contributed by atoms with Gasteiger partial charge in [-0.05, 0) is 31.0 Å². The molecular weight excluding hydrogens is 218 g/mol. The summed E-state index contributed by atoms with van der Waals surface area (Å²) in [6, 6.07) is 6.15. The van der Waals surface area contributed by atoms with Crippen LogP contribution in [0.15, 0.2) is 18.2 Å². The molecule has 2 N–H and O–H groups in total. The molecule has 4 nitrogen and oxygen atoms in total. The van der Waals surface area contributed by atoms with Crippen molar-refractivity contribution in [1.29, 1.82) is 0 Å². The van der Waals surface area contributed by atoms with Gasteiger partial charge in [0.15, 0.2) is 11.5 Å². The van der Waals surface area contributed by atoms with Gasteiger partial charge in [0.05, 0.1) is 14.2 Å². The van der Waals surface area contributed by atoms with Gasteiger partial charge in [0, 0.05) is 19.2 Å². The SMILES string of the molecule is COc1ccc(CNC(C)CCO)cc1OC. The molecule has 1 rings (SSSR count). The molecule has 0 bridgehead atoms. The number of rotatable bonds is 7. The molecule has 0 radical (unpaired) electrons. The first-order valence-corrected chi connectivity index (χ1v) is 5.76. The molecule has 0 saturated carbocycles. The van der Waals surface area contributed by atoms with Crippen molar-refractivity contribution in [3.63, 3.8) is 0 Å². The van der Waals surface area contributed by atoms with Gasteiger partial charge in [0.2, 0.25) is 0 Å². The zero-order valence-corrected chi connectivity index (χ0v) is 10.7. The van der Waals surface area contributed by atoms with Crippen LogP contribution in [-0.2, 0) is 6.54 Å². The fourth-order valence-electron chi connectivity index (χ4n) is 1.58. The minimum Gasteiger partial charge on any atom is -0.493 e. The summed E-state index contributed by atoms with van der Waals surface area (Å²) in [6.45, 7) is 3.01. The van der Waals surface area contributed by atoms with Crippen molar-refractivity contribution in [2.45, 2.75) is 25.9 Å². The molecule has 0 aromatic heterocycles.